The van der Waals surface area contributed by atoms with E-state index in [1.54, 1.807) is 32.9 Å². The van der Waals surface area contributed by atoms with E-state index < -0.39 is 11.7 Å². The second-order valence-electron chi connectivity index (χ2n) is 4.40. The summed E-state index contributed by atoms with van der Waals surface area (Å²) in [5, 5.41) is 2.71. The van der Waals surface area contributed by atoms with E-state index in [4.69, 9.17) is 27.9 Å². The molecule has 0 aromatic carbocycles. The van der Waals surface area contributed by atoms with Gasteiger partial charge in [-0.2, -0.15) is 0 Å². The minimum absolute atomic E-state index is 0.189. The highest BCUT2D eigenvalue weighted by atomic mass is 35.5. The van der Waals surface area contributed by atoms with Crippen molar-refractivity contribution in [3.63, 3.8) is 0 Å². The summed E-state index contributed by atoms with van der Waals surface area (Å²) in [5.74, 6) is 0.270. The quantitative estimate of drug-likeness (QED) is 0.660. The molecule has 0 fully saturated rings. The number of ether oxygens (including phenoxy) is 1. The molecule has 1 aromatic heterocycles. The minimum atomic E-state index is -0.570. The molecule has 0 aliphatic carbocycles. The van der Waals surface area contributed by atoms with E-state index >= 15 is 0 Å². The number of halogens is 2. The molecule has 0 bridgehead atoms. The van der Waals surface area contributed by atoms with E-state index in [2.05, 4.69) is 10.3 Å². The lowest BCUT2D eigenvalue weighted by atomic mass is 10.2. The molecule has 6 heteroatoms. The highest BCUT2D eigenvalue weighted by molar-refractivity contribution is 6.32. The molecule has 1 heterocycles. The first-order chi connectivity index (χ1) is 7.81. The van der Waals surface area contributed by atoms with Gasteiger partial charge in [0.05, 0.1) is 17.3 Å². The molecule has 1 aromatic rings. The molecule has 94 valence electrons. The summed E-state index contributed by atoms with van der Waals surface area (Å²) in [6.07, 6.45) is -0.570. The first-order valence-corrected chi connectivity index (χ1v) is 5.94. The van der Waals surface area contributed by atoms with E-state index in [9.17, 15) is 4.79 Å². The van der Waals surface area contributed by atoms with Crippen molar-refractivity contribution in [3.05, 3.63) is 23.0 Å². The first-order valence-electron chi connectivity index (χ1n) is 5.03. The van der Waals surface area contributed by atoms with Gasteiger partial charge in [0.25, 0.3) is 0 Å². The summed E-state index contributed by atoms with van der Waals surface area (Å²) >= 11 is 11.5. The van der Waals surface area contributed by atoms with Crippen molar-refractivity contribution in [2.75, 3.05) is 5.32 Å². The van der Waals surface area contributed by atoms with Crippen molar-refractivity contribution in [1.29, 1.82) is 0 Å². The number of anilines is 1. The fourth-order valence-electron chi connectivity index (χ4n) is 1.05. The van der Waals surface area contributed by atoms with E-state index in [1.165, 1.54) is 0 Å². The lowest BCUT2D eigenvalue weighted by Crippen LogP contribution is -2.27. The molecule has 0 saturated heterocycles. The van der Waals surface area contributed by atoms with Crippen molar-refractivity contribution in [3.8, 4) is 0 Å². The van der Waals surface area contributed by atoms with Gasteiger partial charge in [-0.15, -0.1) is 11.6 Å². The summed E-state index contributed by atoms with van der Waals surface area (Å²) in [6, 6.07) is 3.32. The third kappa shape index (κ3) is 4.79. The fourth-order valence-corrected chi connectivity index (χ4v) is 1.42. The van der Waals surface area contributed by atoms with Crippen molar-refractivity contribution in [1.82, 2.24) is 4.98 Å². The largest absolute Gasteiger partial charge is 0.444 e. The molecular weight excluding hydrogens is 263 g/mol. The molecular formula is C11H14Cl2N2O2. The molecule has 0 unspecified atom stereocenters. The van der Waals surface area contributed by atoms with Gasteiger partial charge in [0.15, 0.2) is 5.15 Å². The Kier molecular flexibility index (Phi) is 4.60. The van der Waals surface area contributed by atoms with Crippen molar-refractivity contribution in [2.45, 2.75) is 32.3 Å². The minimum Gasteiger partial charge on any atom is -0.444 e. The predicted molar refractivity (Wildman–Crippen MR) is 68.7 cm³/mol. The zero-order valence-corrected chi connectivity index (χ0v) is 11.4. The zero-order chi connectivity index (χ0) is 13.1. The molecule has 1 N–H and O–H groups in total. The number of nitrogens with one attached hydrogen (secondary N) is 1. The van der Waals surface area contributed by atoms with Gasteiger partial charge in [0.1, 0.15) is 5.60 Å². The van der Waals surface area contributed by atoms with Crippen molar-refractivity contribution >= 4 is 35.0 Å². The average Bonchev–Trinajstić information content (AvgIpc) is 2.18. The average molecular weight is 277 g/mol. The van der Waals surface area contributed by atoms with Gasteiger partial charge in [-0.1, -0.05) is 11.6 Å². The second kappa shape index (κ2) is 5.56. The number of pyridine rings is 1. The van der Waals surface area contributed by atoms with Gasteiger partial charge in [0, 0.05) is 0 Å². The van der Waals surface area contributed by atoms with Crippen LogP contribution in [0.3, 0.4) is 0 Å². The van der Waals surface area contributed by atoms with Gasteiger partial charge in [-0.3, -0.25) is 5.32 Å². The summed E-state index contributed by atoms with van der Waals surface area (Å²) < 4.78 is 5.09. The Morgan fingerprint density at radius 3 is 2.59 bits per heavy atom. The standard InChI is InChI=1S/C11H14Cl2N2O2/c1-11(2,3)17-10(16)15-8-5-4-7(6-12)14-9(8)13/h4-5H,6H2,1-3H3,(H,15,16). The number of amides is 1. The summed E-state index contributed by atoms with van der Waals surface area (Å²) in [5.41, 5.74) is 0.487. The van der Waals surface area contributed by atoms with Crippen LogP contribution in [0.15, 0.2) is 12.1 Å². The third-order valence-corrected chi connectivity index (χ3v) is 2.24. The van der Waals surface area contributed by atoms with Crippen LogP contribution in [0.1, 0.15) is 26.5 Å². The molecule has 0 atom stereocenters. The van der Waals surface area contributed by atoms with Crippen LogP contribution in [0.2, 0.25) is 5.15 Å². The SMILES string of the molecule is CC(C)(C)OC(=O)Nc1ccc(CCl)nc1Cl. The molecule has 4 nitrogen and oxygen atoms in total. The number of hydrogen-bond donors (Lipinski definition) is 1. The number of aromatic nitrogens is 1. The van der Waals surface area contributed by atoms with E-state index in [0.29, 0.717) is 11.4 Å². The van der Waals surface area contributed by atoms with Crippen LogP contribution in [0.5, 0.6) is 0 Å². The normalized spacial score (nSPS) is 11.1. The van der Waals surface area contributed by atoms with Gasteiger partial charge in [0.2, 0.25) is 0 Å². The number of rotatable bonds is 2. The van der Waals surface area contributed by atoms with Crippen LogP contribution in [-0.2, 0) is 10.6 Å². The Morgan fingerprint density at radius 1 is 1.47 bits per heavy atom. The lowest BCUT2D eigenvalue weighted by molar-refractivity contribution is 0.0636. The van der Waals surface area contributed by atoms with Crippen LogP contribution in [0, 0.1) is 0 Å². The van der Waals surface area contributed by atoms with Crippen LogP contribution in [0.25, 0.3) is 0 Å². The highest BCUT2D eigenvalue weighted by Gasteiger charge is 2.17. The Balaban J connectivity index is 2.72. The van der Waals surface area contributed by atoms with E-state index in [0.717, 1.165) is 0 Å². The topological polar surface area (TPSA) is 51.2 Å². The fraction of sp³-hybridized carbons (Fsp3) is 0.455. The molecule has 0 aliphatic rings. The third-order valence-electron chi connectivity index (χ3n) is 1.68. The van der Waals surface area contributed by atoms with E-state index in [-0.39, 0.29) is 11.0 Å². The molecule has 0 aliphatic heterocycles. The Morgan fingerprint density at radius 2 is 2.12 bits per heavy atom. The monoisotopic (exact) mass is 276 g/mol. The maximum absolute atomic E-state index is 11.5. The molecule has 0 saturated carbocycles. The Labute approximate surface area is 110 Å². The highest BCUT2D eigenvalue weighted by Crippen LogP contribution is 2.21. The maximum atomic E-state index is 11.5. The van der Waals surface area contributed by atoms with Crippen LogP contribution in [0.4, 0.5) is 10.5 Å². The van der Waals surface area contributed by atoms with Crippen molar-refractivity contribution < 1.29 is 9.53 Å². The Hall–Kier alpha value is -1.00. The maximum Gasteiger partial charge on any atom is 0.412 e. The molecule has 17 heavy (non-hydrogen) atoms. The lowest BCUT2D eigenvalue weighted by Gasteiger charge is -2.19. The first kappa shape index (κ1) is 14.1. The molecule has 0 spiro atoms. The van der Waals surface area contributed by atoms with Gasteiger partial charge >= 0.3 is 6.09 Å². The predicted octanol–water partition coefficient (Wildman–Crippen LogP) is 3.82. The summed E-state index contributed by atoms with van der Waals surface area (Å²) in [7, 11) is 0. The second-order valence-corrected chi connectivity index (χ2v) is 5.03. The Bertz CT molecular complexity index is 416. The smallest absolute Gasteiger partial charge is 0.412 e. The number of alkyl halides is 1. The summed E-state index contributed by atoms with van der Waals surface area (Å²) in [6.45, 7) is 5.34. The molecule has 1 rings (SSSR count). The van der Waals surface area contributed by atoms with Gasteiger partial charge < -0.3 is 4.74 Å². The number of carbonyl (C=O) groups is 1. The van der Waals surface area contributed by atoms with Crippen LogP contribution < -0.4 is 5.32 Å². The van der Waals surface area contributed by atoms with Crippen LogP contribution in [-0.4, -0.2) is 16.7 Å². The summed E-state index contributed by atoms with van der Waals surface area (Å²) in [4.78, 5) is 15.5. The zero-order valence-electron chi connectivity index (χ0n) is 9.88. The van der Waals surface area contributed by atoms with Gasteiger partial charge in [-0.25, -0.2) is 9.78 Å². The molecule has 0 radical (unpaired) electrons. The number of nitrogens with zero attached hydrogens (tertiary/aromatic N) is 1. The number of carbonyl (C=O) groups excluding carboxylic acids is 1. The number of hydrogen-bond acceptors (Lipinski definition) is 3. The van der Waals surface area contributed by atoms with Gasteiger partial charge in [-0.05, 0) is 32.9 Å². The van der Waals surface area contributed by atoms with Crippen molar-refractivity contribution in [2.24, 2.45) is 0 Å². The molecule has 1 amide bonds. The van der Waals surface area contributed by atoms with Crippen LogP contribution >= 0.6 is 23.2 Å². The van der Waals surface area contributed by atoms with E-state index in [1.807, 2.05) is 0 Å².